The maximum Gasteiger partial charge on any atom is 0.258 e. The van der Waals surface area contributed by atoms with Gasteiger partial charge in [-0.05, 0) is 20.9 Å². The zero-order valence-corrected chi connectivity index (χ0v) is 10.3. The molecule has 1 saturated heterocycles. The van der Waals surface area contributed by atoms with Crippen LogP contribution in [0.2, 0.25) is 0 Å². The molecule has 2 heterocycles. The van der Waals surface area contributed by atoms with Crippen LogP contribution < -0.4 is 0 Å². The summed E-state index contributed by atoms with van der Waals surface area (Å²) in [6, 6.07) is 1.04. The highest BCUT2D eigenvalue weighted by atomic mass is 32.2. The Morgan fingerprint density at radius 1 is 1.33 bits per heavy atom. The van der Waals surface area contributed by atoms with Crippen LogP contribution in [0.15, 0.2) is 4.99 Å². The number of carbonyl (C=O) groups excluding carboxylic acids is 1. The molecule has 2 aliphatic heterocycles. The summed E-state index contributed by atoms with van der Waals surface area (Å²) in [5.74, 6) is 0.527. The molecular formula is C10H17N3OS. The third-order valence-corrected chi connectivity index (χ3v) is 4.17. The highest BCUT2D eigenvalue weighted by Crippen LogP contribution is 2.21. The first-order valence-corrected chi connectivity index (χ1v) is 6.27. The van der Waals surface area contributed by atoms with Crippen LogP contribution in [-0.2, 0) is 4.79 Å². The van der Waals surface area contributed by atoms with Crippen LogP contribution in [0.3, 0.4) is 0 Å². The Balaban J connectivity index is 2.06. The minimum absolute atomic E-state index is 0.00855. The molecule has 0 aliphatic carbocycles. The second kappa shape index (κ2) is 4.14. The Morgan fingerprint density at radius 3 is 2.40 bits per heavy atom. The number of carbonyl (C=O) groups is 1. The molecule has 15 heavy (non-hydrogen) atoms. The van der Waals surface area contributed by atoms with Crippen LogP contribution in [0.5, 0.6) is 0 Å². The van der Waals surface area contributed by atoms with Gasteiger partial charge in [-0.3, -0.25) is 9.69 Å². The Bertz CT molecular complexity index is 293. The number of hydrogen-bond donors (Lipinski definition) is 0. The predicted octanol–water partition coefficient (Wildman–Crippen LogP) is 0.640. The number of piperazine rings is 1. The monoisotopic (exact) mass is 227 g/mol. The van der Waals surface area contributed by atoms with E-state index in [4.69, 9.17) is 0 Å². The molecule has 1 amide bonds. The number of amidine groups is 1. The van der Waals surface area contributed by atoms with Gasteiger partial charge < -0.3 is 4.90 Å². The van der Waals surface area contributed by atoms with E-state index in [0.717, 1.165) is 18.3 Å². The molecule has 2 unspecified atom stereocenters. The van der Waals surface area contributed by atoms with Crippen LogP contribution in [0.25, 0.3) is 0 Å². The fraction of sp³-hybridized carbons (Fsp3) is 0.800. The molecule has 2 rings (SSSR count). The highest BCUT2D eigenvalue weighted by Gasteiger charge is 2.30. The van der Waals surface area contributed by atoms with E-state index >= 15 is 0 Å². The Kier molecular flexibility index (Phi) is 3.02. The fourth-order valence-corrected chi connectivity index (χ4v) is 2.84. The Labute approximate surface area is 94.7 Å². The third-order valence-electron chi connectivity index (χ3n) is 3.18. The van der Waals surface area contributed by atoms with E-state index < -0.39 is 0 Å². The molecular weight excluding hydrogens is 210 g/mol. The fourth-order valence-electron chi connectivity index (χ4n) is 2.02. The lowest BCUT2D eigenvalue weighted by Crippen LogP contribution is -2.55. The summed E-state index contributed by atoms with van der Waals surface area (Å²) in [7, 11) is 2.15. The number of likely N-dealkylation sites (N-methyl/N-ethyl adjacent to an activating group) is 1. The van der Waals surface area contributed by atoms with Crippen LogP contribution in [0, 0.1) is 0 Å². The van der Waals surface area contributed by atoms with Gasteiger partial charge in [-0.15, -0.1) is 0 Å². The van der Waals surface area contributed by atoms with E-state index in [2.05, 4.69) is 35.7 Å². The van der Waals surface area contributed by atoms with Crippen LogP contribution >= 0.6 is 11.8 Å². The van der Waals surface area contributed by atoms with Gasteiger partial charge >= 0.3 is 0 Å². The maximum absolute atomic E-state index is 11.1. The van der Waals surface area contributed by atoms with E-state index in [9.17, 15) is 4.79 Å². The van der Waals surface area contributed by atoms with Gasteiger partial charge in [-0.25, -0.2) is 0 Å². The van der Waals surface area contributed by atoms with Gasteiger partial charge in [0, 0.05) is 25.2 Å². The molecule has 2 aliphatic rings. The van der Waals surface area contributed by atoms with E-state index in [1.165, 1.54) is 0 Å². The van der Waals surface area contributed by atoms with Crippen molar-refractivity contribution in [1.82, 2.24) is 9.80 Å². The first-order chi connectivity index (χ1) is 7.08. The quantitative estimate of drug-likeness (QED) is 0.608. The first-order valence-electron chi connectivity index (χ1n) is 5.29. The van der Waals surface area contributed by atoms with Crippen molar-refractivity contribution in [3.63, 3.8) is 0 Å². The standard InChI is InChI=1S/C10H17N3OS/c1-7-4-13(5-8(2)12(7)3)10-11-9(14)6-15-10/h7-8H,4-6H2,1-3H3. The number of amides is 1. The molecule has 2 atom stereocenters. The summed E-state index contributed by atoms with van der Waals surface area (Å²) in [5.41, 5.74) is 0. The molecule has 0 N–H and O–H groups in total. The second-order valence-corrected chi connectivity index (χ2v) is 5.29. The van der Waals surface area contributed by atoms with Crippen molar-refractivity contribution in [3.8, 4) is 0 Å². The van der Waals surface area contributed by atoms with Crippen molar-refractivity contribution in [1.29, 1.82) is 0 Å². The van der Waals surface area contributed by atoms with Crippen molar-refractivity contribution in [2.75, 3.05) is 25.9 Å². The van der Waals surface area contributed by atoms with Crippen LogP contribution in [-0.4, -0.2) is 58.8 Å². The normalized spacial score (nSPS) is 33.4. The average Bonchev–Trinajstić information content (AvgIpc) is 2.60. The zero-order chi connectivity index (χ0) is 11.0. The van der Waals surface area contributed by atoms with Crippen LogP contribution in [0.4, 0.5) is 0 Å². The predicted molar refractivity (Wildman–Crippen MR) is 63.2 cm³/mol. The SMILES string of the molecule is CC1CN(C2=NC(=O)CS2)CC(C)N1C. The summed E-state index contributed by atoms with van der Waals surface area (Å²) in [6.07, 6.45) is 0. The summed E-state index contributed by atoms with van der Waals surface area (Å²) in [4.78, 5) is 19.7. The molecule has 5 heteroatoms. The minimum Gasteiger partial charge on any atom is -0.348 e. The number of thioether (sulfide) groups is 1. The lowest BCUT2D eigenvalue weighted by Gasteiger charge is -2.42. The summed E-state index contributed by atoms with van der Waals surface area (Å²) in [6.45, 7) is 6.37. The zero-order valence-electron chi connectivity index (χ0n) is 9.43. The van der Waals surface area contributed by atoms with Crippen molar-refractivity contribution in [3.05, 3.63) is 0 Å². The number of hydrogen-bond acceptors (Lipinski definition) is 4. The maximum atomic E-state index is 11.1. The molecule has 0 aromatic rings. The molecule has 0 radical (unpaired) electrons. The first kappa shape index (κ1) is 11.0. The van der Waals surface area contributed by atoms with Crippen molar-refractivity contribution in [2.24, 2.45) is 4.99 Å². The summed E-state index contributed by atoms with van der Waals surface area (Å²) in [5, 5.41) is 0.923. The molecule has 0 bridgehead atoms. The average molecular weight is 227 g/mol. The van der Waals surface area contributed by atoms with E-state index in [1.54, 1.807) is 11.8 Å². The highest BCUT2D eigenvalue weighted by molar-refractivity contribution is 8.14. The summed E-state index contributed by atoms with van der Waals surface area (Å²) < 4.78 is 0. The van der Waals surface area contributed by atoms with E-state index in [0.29, 0.717) is 17.8 Å². The smallest absolute Gasteiger partial charge is 0.258 e. The van der Waals surface area contributed by atoms with Gasteiger partial charge in [-0.1, -0.05) is 11.8 Å². The van der Waals surface area contributed by atoms with Gasteiger partial charge in [0.15, 0.2) is 5.17 Å². The topological polar surface area (TPSA) is 35.9 Å². The second-order valence-electron chi connectivity index (χ2n) is 4.35. The molecule has 0 saturated carbocycles. The molecule has 0 aromatic heterocycles. The molecule has 0 spiro atoms. The number of nitrogens with zero attached hydrogens (tertiary/aromatic N) is 3. The van der Waals surface area contributed by atoms with Crippen LogP contribution in [0.1, 0.15) is 13.8 Å². The Morgan fingerprint density at radius 2 is 1.93 bits per heavy atom. The molecule has 4 nitrogen and oxygen atoms in total. The van der Waals surface area contributed by atoms with Crippen molar-refractivity contribution < 1.29 is 4.79 Å². The molecule has 0 aromatic carbocycles. The van der Waals surface area contributed by atoms with Crippen molar-refractivity contribution >= 4 is 22.8 Å². The third kappa shape index (κ3) is 2.18. The Hall–Kier alpha value is -0.550. The largest absolute Gasteiger partial charge is 0.348 e. The van der Waals surface area contributed by atoms with Gasteiger partial charge in [0.25, 0.3) is 5.91 Å². The van der Waals surface area contributed by atoms with Crippen molar-refractivity contribution in [2.45, 2.75) is 25.9 Å². The van der Waals surface area contributed by atoms with Gasteiger partial charge in [0.2, 0.25) is 0 Å². The van der Waals surface area contributed by atoms with Gasteiger partial charge in [0.05, 0.1) is 5.75 Å². The lowest BCUT2D eigenvalue weighted by atomic mass is 10.1. The number of aliphatic imine (C=N–C) groups is 1. The number of rotatable bonds is 0. The van der Waals surface area contributed by atoms with Gasteiger partial charge in [-0.2, -0.15) is 4.99 Å². The summed E-state index contributed by atoms with van der Waals surface area (Å²) >= 11 is 1.57. The van der Waals surface area contributed by atoms with Gasteiger partial charge in [0.1, 0.15) is 0 Å². The molecule has 1 fully saturated rings. The molecule has 84 valence electrons. The van der Waals surface area contributed by atoms with E-state index in [1.807, 2.05) is 0 Å². The minimum atomic E-state index is 0.00855. The lowest BCUT2D eigenvalue weighted by molar-refractivity contribution is -0.115. The van der Waals surface area contributed by atoms with E-state index in [-0.39, 0.29) is 5.91 Å².